The van der Waals surface area contributed by atoms with Crippen molar-refractivity contribution in [1.82, 2.24) is 0 Å². The van der Waals surface area contributed by atoms with Gasteiger partial charge in [0.05, 0.1) is 7.11 Å². The highest BCUT2D eigenvalue weighted by Gasteiger charge is 2.18. The molecular weight excluding hydrogens is 260 g/mol. The Morgan fingerprint density at radius 1 is 1.20 bits per heavy atom. The zero-order valence-corrected chi connectivity index (χ0v) is 12.1. The van der Waals surface area contributed by atoms with Crippen molar-refractivity contribution in [3.05, 3.63) is 29.8 Å². The third-order valence-electron chi connectivity index (χ3n) is 2.37. The highest BCUT2D eigenvalue weighted by molar-refractivity contribution is 5.85. The Hall–Kier alpha value is -2.08. The highest BCUT2D eigenvalue weighted by atomic mass is 16.6. The summed E-state index contributed by atoms with van der Waals surface area (Å²) in [7, 11) is 1.28. The van der Waals surface area contributed by atoms with E-state index in [1.165, 1.54) is 7.11 Å². The summed E-state index contributed by atoms with van der Waals surface area (Å²) >= 11 is 0. The number of amides is 1. The van der Waals surface area contributed by atoms with Crippen LogP contribution in [0, 0.1) is 0 Å². The lowest BCUT2D eigenvalue weighted by Crippen LogP contribution is -2.27. The van der Waals surface area contributed by atoms with Crippen molar-refractivity contribution in [2.45, 2.75) is 32.4 Å². The Bertz CT molecular complexity index is 477. The molecule has 0 aromatic heterocycles. The molecule has 1 aromatic carbocycles. The molecule has 0 spiro atoms. The number of nitrogens with two attached hydrogens (primary N) is 1. The van der Waals surface area contributed by atoms with Gasteiger partial charge in [-0.2, -0.15) is 0 Å². The van der Waals surface area contributed by atoms with Gasteiger partial charge in [-0.3, -0.25) is 10.1 Å². The molecule has 0 bridgehead atoms. The Kier molecular flexibility index (Phi) is 5.10. The summed E-state index contributed by atoms with van der Waals surface area (Å²) in [5, 5.41) is 2.59. The molecule has 1 aromatic rings. The molecule has 0 aliphatic rings. The van der Waals surface area contributed by atoms with Crippen molar-refractivity contribution in [3.8, 4) is 0 Å². The standard InChI is InChI=1S/C14H20N2O4/c1-14(2,3)20-13(18)16-10-7-5-9(6-8-10)11(15)12(17)19-4/h5-8,11H,15H2,1-4H3,(H,16,18). The van der Waals surface area contributed by atoms with E-state index in [1.807, 2.05) is 0 Å². The monoisotopic (exact) mass is 280 g/mol. The average molecular weight is 280 g/mol. The summed E-state index contributed by atoms with van der Waals surface area (Å²) < 4.78 is 9.69. The minimum Gasteiger partial charge on any atom is -0.468 e. The van der Waals surface area contributed by atoms with Crippen LogP contribution in [0.2, 0.25) is 0 Å². The van der Waals surface area contributed by atoms with Crippen molar-refractivity contribution in [2.75, 3.05) is 12.4 Å². The van der Waals surface area contributed by atoms with E-state index in [0.717, 1.165) is 0 Å². The van der Waals surface area contributed by atoms with Crippen molar-refractivity contribution >= 4 is 17.7 Å². The third kappa shape index (κ3) is 4.89. The SMILES string of the molecule is COC(=O)C(N)c1ccc(NC(=O)OC(C)(C)C)cc1. The molecule has 0 saturated heterocycles. The summed E-state index contributed by atoms with van der Waals surface area (Å²) in [6, 6.07) is 5.74. The lowest BCUT2D eigenvalue weighted by molar-refractivity contribution is -0.142. The molecule has 6 heteroatoms. The van der Waals surface area contributed by atoms with E-state index in [0.29, 0.717) is 11.3 Å². The van der Waals surface area contributed by atoms with Crippen molar-refractivity contribution in [1.29, 1.82) is 0 Å². The molecule has 0 fully saturated rings. The lowest BCUT2D eigenvalue weighted by Gasteiger charge is -2.19. The molecule has 0 heterocycles. The van der Waals surface area contributed by atoms with Crippen molar-refractivity contribution < 1.29 is 19.1 Å². The van der Waals surface area contributed by atoms with Gasteiger partial charge in [-0.25, -0.2) is 4.79 Å². The third-order valence-corrected chi connectivity index (χ3v) is 2.37. The number of hydrogen-bond acceptors (Lipinski definition) is 5. The molecular formula is C14H20N2O4. The van der Waals surface area contributed by atoms with Gasteiger partial charge >= 0.3 is 12.1 Å². The number of nitrogens with one attached hydrogen (secondary N) is 1. The van der Waals surface area contributed by atoms with E-state index >= 15 is 0 Å². The van der Waals surface area contributed by atoms with Crippen LogP contribution >= 0.6 is 0 Å². The fourth-order valence-corrected chi connectivity index (χ4v) is 1.46. The first-order valence-corrected chi connectivity index (χ1v) is 6.16. The molecule has 1 rings (SSSR count). The quantitative estimate of drug-likeness (QED) is 0.828. The van der Waals surface area contributed by atoms with E-state index in [-0.39, 0.29) is 0 Å². The van der Waals surface area contributed by atoms with Crippen molar-refractivity contribution in [2.24, 2.45) is 5.73 Å². The van der Waals surface area contributed by atoms with Crippen LogP contribution in [0.5, 0.6) is 0 Å². The molecule has 0 saturated carbocycles. The van der Waals surface area contributed by atoms with Gasteiger partial charge in [-0.1, -0.05) is 12.1 Å². The lowest BCUT2D eigenvalue weighted by atomic mass is 10.1. The second-order valence-corrected chi connectivity index (χ2v) is 5.25. The molecule has 0 radical (unpaired) electrons. The van der Waals surface area contributed by atoms with Crippen LogP contribution < -0.4 is 11.1 Å². The first kappa shape index (κ1) is 16.0. The maximum absolute atomic E-state index is 11.6. The van der Waals surface area contributed by atoms with E-state index in [4.69, 9.17) is 10.5 Å². The normalized spacial score (nSPS) is 12.4. The summed E-state index contributed by atoms with van der Waals surface area (Å²) in [5.41, 5.74) is 6.30. The Morgan fingerprint density at radius 3 is 2.20 bits per heavy atom. The summed E-state index contributed by atoms with van der Waals surface area (Å²) in [4.78, 5) is 22.9. The Balaban J connectivity index is 2.68. The summed E-state index contributed by atoms with van der Waals surface area (Å²) in [6.45, 7) is 5.35. The second-order valence-electron chi connectivity index (χ2n) is 5.25. The van der Waals surface area contributed by atoms with Crippen molar-refractivity contribution in [3.63, 3.8) is 0 Å². The van der Waals surface area contributed by atoms with Gasteiger partial charge in [-0.05, 0) is 38.5 Å². The Labute approximate surface area is 118 Å². The molecule has 1 unspecified atom stereocenters. The molecule has 1 atom stereocenters. The summed E-state index contributed by atoms with van der Waals surface area (Å²) in [6.07, 6.45) is -0.539. The minimum absolute atomic E-state index is 0.516. The topological polar surface area (TPSA) is 90.6 Å². The second kappa shape index (κ2) is 6.38. The maximum Gasteiger partial charge on any atom is 0.412 e. The van der Waals surface area contributed by atoms with Crippen LogP contribution in [0.1, 0.15) is 32.4 Å². The van der Waals surface area contributed by atoms with Crippen LogP contribution in [-0.4, -0.2) is 24.8 Å². The van der Waals surface area contributed by atoms with Gasteiger partial charge in [0.2, 0.25) is 0 Å². The number of anilines is 1. The van der Waals surface area contributed by atoms with Gasteiger partial charge in [-0.15, -0.1) is 0 Å². The minimum atomic E-state index is -0.837. The molecule has 0 aliphatic heterocycles. The molecule has 1 amide bonds. The van der Waals surface area contributed by atoms with Crippen LogP contribution in [-0.2, 0) is 14.3 Å². The predicted molar refractivity (Wildman–Crippen MR) is 75.2 cm³/mol. The van der Waals surface area contributed by atoms with Gasteiger partial charge in [0.15, 0.2) is 0 Å². The zero-order chi connectivity index (χ0) is 15.3. The summed E-state index contributed by atoms with van der Waals surface area (Å²) in [5.74, 6) is -0.516. The molecule has 20 heavy (non-hydrogen) atoms. The largest absolute Gasteiger partial charge is 0.468 e. The zero-order valence-electron chi connectivity index (χ0n) is 12.1. The number of methoxy groups -OCH3 is 1. The van der Waals surface area contributed by atoms with Crippen LogP contribution in [0.4, 0.5) is 10.5 Å². The number of rotatable bonds is 3. The first-order chi connectivity index (χ1) is 9.23. The molecule has 3 N–H and O–H groups in total. The van der Waals surface area contributed by atoms with E-state index in [1.54, 1.807) is 45.0 Å². The molecule has 110 valence electrons. The average Bonchev–Trinajstić information content (AvgIpc) is 2.35. The smallest absolute Gasteiger partial charge is 0.412 e. The molecule has 6 nitrogen and oxygen atoms in total. The van der Waals surface area contributed by atoms with E-state index in [9.17, 15) is 9.59 Å². The number of benzene rings is 1. The van der Waals surface area contributed by atoms with Crippen LogP contribution in [0.15, 0.2) is 24.3 Å². The van der Waals surface area contributed by atoms with E-state index < -0.39 is 23.7 Å². The fourth-order valence-electron chi connectivity index (χ4n) is 1.46. The Morgan fingerprint density at radius 2 is 1.75 bits per heavy atom. The fraction of sp³-hybridized carbons (Fsp3) is 0.429. The van der Waals surface area contributed by atoms with Gasteiger partial charge in [0.25, 0.3) is 0 Å². The number of carbonyl (C=O) groups excluding carboxylic acids is 2. The maximum atomic E-state index is 11.6. The van der Waals surface area contributed by atoms with E-state index in [2.05, 4.69) is 10.1 Å². The number of esters is 1. The van der Waals surface area contributed by atoms with Crippen LogP contribution in [0.25, 0.3) is 0 Å². The van der Waals surface area contributed by atoms with Crippen LogP contribution in [0.3, 0.4) is 0 Å². The van der Waals surface area contributed by atoms with Gasteiger partial charge in [0, 0.05) is 5.69 Å². The van der Waals surface area contributed by atoms with Gasteiger partial charge < -0.3 is 15.2 Å². The highest BCUT2D eigenvalue weighted by Crippen LogP contribution is 2.16. The number of ether oxygens (including phenoxy) is 2. The van der Waals surface area contributed by atoms with Gasteiger partial charge in [0.1, 0.15) is 11.6 Å². The number of hydrogen-bond donors (Lipinski definition) is 2. The molecule has 0 aliphatic carbocycles. The first-order valence-electron chi connectivity index (χ1n) is 6.16. The predicted octanol–water partition coefficient (Wildman–Crippen LogP) is 2.21. The number of carbonyl (C=O) groups is 2.